The van der Waals surface area contributed by atoms with Crippen molar-refractivity contribution in [1.29, 1.82) is 0 Å². The van der Waals surface area contributed by atoms with E-state index in [0.29, 0.717) is 11.4 Å². The van der Waals surface area contributed by atoms with E-state index in [1.165, 1.54) is 6.20 Å². The molecule has 4 rings (SSSR count). The van der Waals surface area contributed by atoms with Gasteiger partial charge in [-0.05, 0) is 55.9 Å². The normalized spacial score (nSPS) is 15.2. The lowest BCUT2D eigenvalue weighted by molar-refractivity contribution is 0.102. The fourth-order valence-electron chi connectivity index (χ4n) is 3.66. The lowest BCUT2D eigenvalue weighted by atomic mass is 10.1. The molecule has 3 aromatic rings. The first-order chi connectivity index (χ1) is 16.0. The molecule has 1 aliphatic heterocycles. The molecule has 3 heterocycles. The Morgan fingerprint density at radius 1 is 1.03 bits per heavy atom. The predicted octanol–water partition coefficient (Wildman–Crippen LogP) is 3.61. The predicted molar refractivity (Wildman–Crippen MR) is 135 cm³/mol. The van der Waals surface area contributed by atoms with E-state index < -0.39 is 0 Å². The monoisotopic (exact) mass is 441 g/mol. The third kappa shape index (κ3) is 5.48. The van der Waals surface area contributed by atoms with Crippen LogP contribution >= 0.6 is 0 Å². The summed E-state index contributed by atoms with van der Waals surface area (Å²) < 4.78 is 0. The van der Waals surface area contributed by atoms with Crippen LogP contribution in [0.15, 0.2) is 71.2 Å². The molecule has 2 aromatic heterocycles. The highest BCUT2D eigenvalue weighted by Gasteiger charge is 2.17. The third-order valence-electron chi connectivity index (χ3n) is 5.66. The number of nitrogens with zero attached hydrogens (tertiary/aromatic N) is 6. The van der Waals surface area contributed by atoms with Crippen LogP contribution in [0.25, 0.3) is 10.8 Å². The number of benzene rings is 1. The molecule has 0 radical (unpaired) electrons. The van der Waals surface area contributed by atoms with Crippen molar-refractivity contribution in [3.05, 3.63) is 72.3 Å². The van der Waals surface area contributed by atoms with Gasteiger partial charge in [0.2, 0.25) is 0 Å². The molecule has 33 heavy (non-hydrogen) atoms. The highest BCUT2D eigenvalue weighted by Crippen LogP contribution is 2.20. The molecule has 8 heteroatoms. The molecular weight excluding hydrogens is 414 g/mol. The average molecular weight is 442 g/mol. The van der Waals surface area contributed by atoms with E-state index in [-0.39, 0.29) is 5.91 Å². The van der Waals surface area contributed by atoms with E-state index in [2.05, 4.69) is 48.8 Å². The van der Waals surface area contributed by atoms with Crippen LogP contribution in [0.1, 0.15) is 22.8 Å². The van der Waals surface area contributed by atoms with Gasteiger partial charge < -0.3 is 15.1 Å². The number of aliphatic imine (C=N–C) groups is 2. The van der Waals surface area contributed by atoms with Gasteiger partial charge in [0.15, 0.2) is 0 Å². The van der Waals surface area contributed by atoms with Gasteiger partial charge >= 0.3 is 0 Å². The first-order valence-electron chi connectivity index (χ1n) is 10.8. The van der Waals surface area contributed by atoms with Crippen molar-refractivity contribution < 1.29 is 4.79 Å². The minimum Gasteiger partial charge on any atom is -0.354 e. The molecule has 0 unspecified atom stereocenters. The Labute approximate surface area is 193 Å². The summed E-state index contributed by atoms with van der Waals surface area (Å²) in [6.07, 6.45) is 6.58. The lowest BCUT2D eigenvalue weighted by Gasteiger charge is -2.33. The fraction of sp³-hybridized carbons (Fsp3) is 0.240. The Kier molecular flexibility index (Phi) is 6.85. The first-order valence-corrected chi connectivity index (χ1v) is 10.8. The van der Waals surface area contributed by atoms with Crippen LogP contribution in [0.4, 0.5) is 11.6 Å². The molecule has 1 amide bonds. The van der Waals surface area contributed by atoms with Crippen LogP contribution in [-0.4, -0.2) is 66.4 Å². The van der Waals surface area contributed by atoms with E-state index >= 15 is 0 Å². The molecule has 0 aliphatic carbocycles. The zero-order valence-electron chi connectivity index (χ0n) is 18.9. The maximum Gasteiger partial charge on any atom is 0.257 e. The highest BCUT2D eigenvalue weighted by molar-refractivity contribution is 6.06. The van der Waals surface area contributed by atoms with Crippen LogP contribution in [0.2, 0.25) is 0 Å². The van der Waals surface area contributed by atoms with Crippen LogP contribution in [0.3, 0.4) is 0 Å². The van der Waals surface area contributed by atoms with Crippen LogP contribution in [-0.2, 0) is 0 Å². The van der Waals surface area contributed by atoms with Gasteiger partial charge in [-0.25, -0.2) is 9.97 Å². The molecule has 0 spiro atoms. The summed E-state index contributed by atoms with van der Waals surface area (Å²) in [6, 6.07) is 11.4. The summed E-state index contributed by atoms with van der Waals surface area (Å²) >= 11 is 0. The summed E-state index contributed by atoms with van der Waals surface area (Å²) in [5.74, 6) is 1.10. The van der Waals surface area contributed by atoms with Crippen molar-refractivity contribution >= 4 is 40.7 Å². The van der Waals surface area contributed by atoms with E-state index in [0.717, 1.165) is 54.0 Å². The van der Waals surface area contributed by atoms with Crippen LogP contribution < -0.4 is 10.2 Å². The standard InChI is InChI=1S/C25H27N7O/c1-18(27-9-8-26-2)19-4-5-21-17-29-23(15-22(21)14-19)30-25(33)20-6-7-28-24(16-20)32-12-10-31(3)11-13-32/h4-9,14-17H,2,10-13H2,1,3H3,(H,29,30,33)/b9-8-,27-18?. The van der Waals surface area contributed by atoms with Gasteiger partial charge in [0, 0.05) is 67.6 Å². The molecule has 1 aromatic carbocycles. The SMILES string of the molecule is C=N/C=C\N=C(C)c1ccc2cnc(NC(=O)c3ccnc(N4CCN(C)CC4)c3)cc2c1. The number of nitrogens with one attached hydrogen (secondary N) is 1. The number of pyridine rings is 2. The van der Waals surface area contributed by atoms with Crippen molar-refractivity contribution in [3.8, 4) is 0 Å². The van der Waals surface area contributed by atoms with Crippen LogP contribution in [0.5, 0.6) is 0 Å². The number of anilines is 2. The second-order valence-electron chi connectivity index (χ2n) is 7.97. The fourth-order valence-corrected chi connectivity index (χ4v) is 3.66. The maximum absolute atomic E-state index is 12.9. The molecule has 8 nitrogen and oxygen atoms in total. The molecule has 0 bridgehead atoms. The number of piperazine rings is 1. The highest BCUT2D eigenvalue weighted by atomic mass is 16.1. The number of likely N-dealkylation sites (N-methyl/N-ethyl adjacent to an activating group) is 1. The topological polar surface area (TPSA) is 86.1 Å². The summed E-state index contributed by atoms with van der Waals surface area (Å²) in [5, 5.41) is 4.86. The Hall–Kier alpha value is -3.91. The van der Waals surface area contributed by atoms with Crippen LogP contribution in [0, 0.1) is 0 Å². The summed E-state index contributed by atoms with van der Waals surface area (Å²) in [5.41, 5.74) is 2.39. The van der Waals surface area contributed by atoms with E-state index in [1.807, 2.05) is 37.3 Å². The van der Waals surface area contributed by atoms with Gasteiger partial charge in [-0.3, -0.25) is 14.8 Å². The lowest BCUT2D eigenvalue weighted by Crippen LogP contribution is -2.44. The number of carbonyl (C=O) groups excluding carboxylic acids is 1. The molecule has 168 valence electrons. The number of fused-ring (bicyclic) bond motifs is 1. The second-order valence-corrected chi connectivity index (χ2v) is 7.97. The number of aromatic nitrogens is 2. The van der Waals surface area contributed by atoms with Gasteiger partial charge in [0.25, 0.3) is 5.91 Å². The summed E-state index contributed by atoms with van der Waals surface area (Å²) in [6.45, 7) is 9.08. The minimum absolute atomic E-state index is 0.212. The number of hydrogen-bond donors (Lipinski definition) is 1. The quantitative estimate of drug-likeness (QED) is 0.591. The molecule has 1 aliphatic rings. The Bertz CT molecular complexity index is 1230. The number of hydrogen-bond acceptors (Lipinski definition) is 7. The molecule has 1 saturated heterocycles. The first kappa shape index (κ1) is 22.3. The average Bonchev–Trinajstić information content (AvgIpc) is 2.84. The molecular formula is C25H27N7O. The van der Waals surface area contributed by atoms with Crippen molar-refractivity contribution in [3.63, 3.8) is 0 Å². The molecule has 1 N–H and O–H groups in total. The Morgan fingerprint density at radius 2 is 1.85 bits per heavy atom. The van der Waals surface area contributed by atoms with Gasteiger partial charge in [0.05, 0.1) is 0 Å². The van der Waals surface area contributed by atoms with Gasteiger partial charge in [-0.1, -0.05) is 12.1 Å². The summed E-state index contributed by atoms with van der Waals surface area (Å²) in [7, 11) is 2.11. The van der Waals surface area contributed by atoms with Gasteiger partial charge in [-0.15, -0.1) is 0 Å². The van der Waals surface area contributed by atoms with E-state index in [4.69, 9.17) is 0 Å². The smallest absolute Gasteiger partial charge is 0.257 e. The van der Waals surface area contributed by atoms with Crippen molar-refractivity contribution in [2.45, 2.75) is 6.92 Å². The third-order valence-corrected chi connectivity index (χ3v) is 5.66. The largest absolute Gasteiger partial charge is 0.354 e. The van der Waals surface area contributed by atoms with E-state index in [1.54, 1.807) is 24.7 Å². The Morgan fingerprint density at radius 3 is 2.64 bits per heavy atom. The van der Waals surface area contributed by atoms with Gasteiger partial charge in [0.1, 0.15) is 11.6 Å². The second kappa shape index (κ2) is 10.1. The van der Waals surface area contributed by atoms with E-state index in [9.17, 15) is 4.79 Å². The maximum atomic E-state index is 12.9. The van der Waals surface area contributed by atoms with Crippen molar-refractivity contribution in [1.82, 2.24) is 14.9 Å². The summed E-state index contributed by atoms with van der Waals surface area (Å²) in [4.78, 5) is 34.3. The van der Waals surface area contributed by atoms with Gasteiger partial charge in [-0.2, -0.15) is 0 Å². The zero-order valence-corrected chi connectivity index (χ0v) is 18.9. The number of carbonyl (C=O) groups is 1. The van der Waals surface area contributed by atoms with Crippen molar-refractivity contribution in [2.24, 2.45) is 9.98 Å². The minimum atomic E-state index is -0.212. The number of amides is 1. The molecule has 0 atom stereocenters. The Balaban J connectivity index is 1.52. The molecule has 1 fully saturated rings. The zero-order chi connectivity index (χ0) is 23.2. The number of rotatable bonds is 6. The molecule has 0 saturated carbocycles. The van der Waals surface area contributed by atoms with Crippen molar-refractivity contribution in [2.75, 3.05) is 43.4 Å².